The fourth-order valence-electron chi connectivity index (χ4n) is 3.40. The molecule has 2 saturated heterocycles. The first-order valence-corrected chi connectivity index (χ1v) is 11.1. The Morgan fingerprint density at radius 1 is 1.21 bits per heavy atom. The number of ether oxygens (including phenoxy) is 2. The Kier molecular flexibility index (Phi) is 6.03. The van der Waals surface area contributed by atoms with Gasteiger partial charge in [-0.3, -0.25) is 9.08 Å². The molecule has 2 aliphatic heterocycles. The fraction of sp³-hybridized carbons (Fsp3) is 0.650. The highest BCUT2D eigenvalue weighted by Gasteiger charge is 2.56. The van der Waals surface area contributed by atoms with Crippen molar-refractivity contribution in [2.24, 2.45) is 0 Å². The minimum Gasteiger partial charge on any atom is -0.444 e. The molecule has 0 aliphatic carbocycles. The van der Waals surface area contributed by atoms with Crippen molar-refractivity contribution in [1.82, 2.24) is 4.90 Å². The van der Waals surface area contributed by atoms with Crippen LogP contribution in [0, 0.1) is 6.92 Å². The largest absolute Gasteiger partial charge is 0.444 e. The topological polar surface area (TPSA) is 85.4 Å². The lowest BCUT2D eigenvalue weighted by Gasteiger charge is -2.30. The number of amides is 1. The molecule has 0 bridgehead atoms. The molecule has 0 unspecified atom stereocenters. The molecule has 1 aromatic rings. The summed E-state index contributed by atoms with van der Waals surface area (Å²) in [4.78, 5) is 14.3. The van der Waals surface area contributed by atoms with E-state index >= 15 is 0 Å². The normalized spacial score (nSPS) is 24.1. The maximum absolute atomic E-state index is 12.4. The molecule has 2 heterocycles. The van der Waals surface area contributed by atoms with Gasteiger partial charge in [0.05, 0.1) is 24.1 Å². The standard InChI is InChI=1S/C20H29NO6S/c1-14-8-10-15(11-9-14)28(23,24)25-12-6-5-7-16-18-17(26-18)13-21(16)19(22)27-20(2,3)4/h8-11,16-18H,5-7,12-13H2,1-4H3/t16-,17+,18-/m0/s1. The van der Waals surface area contributed by atoms with Crippen LogP contribution in [0.2, 0.25) is 0 Å². The first-order valence-electron chi connectivity index (χ1n) is 9.68. The van der Waals surface area contributed by atoms with E-state index in [1.165, 1.54) is 0 Å². The van der Waals surface area contributed by atoms with Crippen LogP contribution >= 0.6 is 0 Å². The molecular weight excluding hydrogens is 382 g/mol. The molecule has 2 fully saturated rings. The highest BCUT2D eigenvalue weighted by molar-refractivity contribution is 7.86. The van der Waals surface area contributed by atoms with Crippen molar-refractivity contribution in [3.63, 3.8) is 0 Å². The third kappa shape index (κ3) is 5.24. The summed E-state index contributed by atoms with van der Waals surface area (Å²) in [6.07, 6.45) is 1.92. The van der Waals surface area contributed by atoms with E-state index in [9.17, 15) is 13.2 Å². The van der Waals surface area contributed by atoms with E-state index in [4.69, 9.17) is 13.7 Å². The van der Waals surface area contributed by atoms with Crippen molar-refractivity contribution in [1.29, 1.82) is 0 Å². The third-order valence-electron chi connectivity index (χ3n) is 4.85. The molecule has 1 aromatic carbocycles. The van der Waals surface area contributed by atoms with Crippen molar-refractivity contribution in [3.8, 4) is 0 Å². The van der Waals surface area contributed by atoms with E-state index in [1.807, 2.05) is 27.7 Å². The highest BCUT2D eigenvalue weighted by atomic mass is 32.2. The zero-order chi connectivity index (χ0) is 20.5. The van der Waals surface area contributed by atoms with E-state index in [-0.39, 0.29) is 35.8 Å². The molecule has 0 saturated carbocycles. The van der Waals surface area contributed by atoms with Gasteiger partial charge in [-0.2, -0.15) is 8.42 Å². The third-order valence-corrected chi connectivity index (χ3v) is 6.17. The summed E-state index contributed by atoms with van der Waals surface area (Å²) in [5.74, 6) is 0. The van der Waals surface area contributed by atoms with Gasteiger partial charge in [-0.05, 0) is 59.1 Å². The molecule has 8 heteroatoms. The van der Waals surface area contributed by atoms with Gasteiger partial charge in [0, 0.05) is 0 Å². The van der Waals surface area contributed by atoms with Gasteiger partial charge in [-0.15, -0.1) is 0 Å². The monoisotopic (exact) mass is 411 g/mol. The van der Waals surface area contributed by atoms with E-state index in [0.29, 0.717) is 13.0 Å². The number of unbranched alkanes of at least 4 members (excludes halogenated alkanes) is 1. The maximum atomic E-state index is 12.4. The zero-order valence-electron chi connectivity index (χ0n) is 16.9. The summed E-state index contributed by atoms with van der Waals surface area (Å²) in [6.45, 7) is 8.11. The maximum Gasteiger partial charge on any atom is 0.410 e. The lowest BCUT2D eigenvalue weighted by atomic mass is 10.1. The van der Waals surface area contributed by atoms with E-state index in [2.05, 4.69) is 0 Å². The van der Waals surface area contributed by atoms with Gasteiger partial charge in [0.2, 0.25) is 0 Å². The van der Waals surface area contributed by atoms with Gasteiger partial charge in [-0.25, -0.2) is 4.79 Å². The van der Waals surface area contributed by atoms with Crippen molar-refractivity contribution in [3.05, 3.63) is 29.8 Å². The number of hydrogen-bond acceptors (Lipinski definition) is 6. The minimum atomic E-state index is -3.73. The number of fused-ring (bicyclic) bond motifs is 1. The molecule has 7 nitrogen and oxygen atoms in total. The Bertz CT molecular complexity index is 799. The SMILES string of the molecule is Cc1ccc(S(=O)(=O)OCCCC[C@H]2[C@@H]3O[C@@H]3CN2C(=O)OC(C)(C)C)cc1. The van der Waals surface area contributed by atoms with Crippen LogP contribution in [0.5, 0.6) is 0 Å². The number of hydrogen-bond donors (Lipinski definition) is 0. The minimum absolute atomic E-state index is 0.0199. The summed E-state index contributed by atoms with van der Waals surface area (Å²) >= 11 is 0. The highest BCUT2D eigenvalue weighted by Crippen LogP contribution is 2.39. The Balaban J connectivity index is 1.44. The lowest BCUT2D eigenvalue weighted by molar-refractivity contribution is 0.0111. The number of carbonyl (C=O) groups is 1. The molecule has 1 amide bonds. The van der Waals surface area contributed by atoms with Crippen LogP contribution < -0.4 is 0 Å². The quantitative estimate of drug-likeness (QED) is 0.389. The van der Waals surface area contributed by atoms with Crippen molar-refractivity contribution < 1.29 is 26.9 Å². The predicted molar refractivity (Wildman–Crippen MR) is 104 cm³/mol. The Morgan fingerprint density at radius 3 is 2.54 bits per heavy atom. The van der Waals surface area contributed by atoms with Gasteiger partial charge >= 0.3 is 6.09 Å². The molecule has 2 aliphatic rings. The number of likely N-dealkylation sites (tertiary alicyclic amines) is 1. The van der Waals surface area contributed by atoms with Crippen LogP contribution in [0.1, 0.15) is 45.6 Å². The molecule has 0 spiro atoms. The number of carbonyl (C=O) groups excluding carboxylic acids is 1. The molecule has 3 atom stereocenters. The fourth-order valence-corrected chi connectivity index (χ4v) is 4.34. The Morgan fingerprint density at radius 2 is 1.89 bits per heavy atom. The number of benzene rings is 1. The zero-order valence-corrected chi connectivity index (χ0v) is 17.7. The first kappa shape index (κ1) is 21.1. The number of morpholine rings is 1. The number of nitrogens with zero attached hydrogens (tertiary/aromatic N) is 1. The van der Waals surface area contributed by atoms with Crippen LogP contribution in [0.25, 0.3) is 0 Å². The number of aryl methyl sites for hydroxylation is 1. The summed E-state index contributed by atoms with van der Waals surface area (Å²) in [6, 6.07) is 6.56. The van der Waals surface area contributed by atoms with Crippen molar-refractivity contribution in [2.75, 3.05) is 13.2 Å². The molecule has 0 aromatic heterocycles. The van der Waals surface area contributed by atoms with Crippen LogP contribution in [-0.4, -0.2) is 56.4 Å². The second kappa shape index (κ2) is 8.00. The average molecular weight is 412 g/mol. The van der Waals surface area contributed by atoms with Gasteiger partial charge in [-0.1, -0.05) is 17.7 Å². The number of epoxide rings is 1. The van der Waals surface area contributed by atoms with Crippen LogP contribution in [0.3, 0.4) is 0 Å². The van der Waals surface area contributed by atoms with Crippen LogP contribution in [0.4, 0.5) is 4.79 Å². The van der Waals surface area contributed by atoms with Gasteiger partial charge in [0.1, 0.15) is 17.8 Å². The van der Waals surface area contributed by atoms with Gasteiger partial charge < -0.3 is 9.47 Å². The summed E-state index contributed by atoms with van der Waals surface area (Å²) in [5, 5.41) is 0. The van der Waals surface area contributed by atoms with Gasteiger partial charge in [0.15, 0.2) is 0 Å². The summed E-state index contributed by atoms with van der Waals surface area (Å²) < 4.78 is 40.6. The van der Waals surface area contributed by atoms with E-state index in [1.54, 1.807) is 29.2 Å². The molecule has 156 valence electrons. The molecule has 0 radical (unpaired) electrons. The van der Waals surface area contributed by atoms with Crippen LogP contribution in [-0.2, 0) is 23.8 Å². The van der Waals surface area contributed by atoms with E-state index < -0.39 is 15.7 Å². The molecule has 28 heavy (non-hydrogen) atoms. The molecule has 0 N–H and O–H groups in total. The molecule has 3 rings (SSSR count). The summed E-state index contributed by atoms with van der Waals surface area (Å²) in [5.41, 5.74) is 0.457. The van der Waals surface area contributed by atoms with Gasteiger partial charge in [0.25, 0.3) is 10.1 Å². The number of rotatable bonds is 7. The second-order valence-corrected chi connectivity index (χ2v) is 10.0. The Labute approximate surface area is 167 Å². The van der Waals surface area contributed by atoms with E-state index in [0.717, 1.165) is 18.4 Å². The van der Waals surface area contributed by atoms with Crippen molar-refractivity contribution in [2.45, 2.75) is 75.7 Å². The smallest absolute Gasteiger partial charge is 0.410 e. The van der Waals surface area contributed by atoms with Crippen molar-refractivity contribution >= 4 is 16.2 Å². The summed E-state index contributed by atoms with van der Waals surface area (Å²) in [7, 11) is -3.73. The molecular formula is C20H29NO6S. The Hall–Kier alpha value is -1.64. The van der Waals surface area contributed by atoms with Crippen LogP contribution in [0.15, 0.2) is 29.2 Å². The second-order valence-electron chi connectivity index (χ2n) is 8.42. The lowest BCUT2D eigenvalue weighted by Crippen LogP contribution is -2.43. The average Bonchev–Trinajstić information content (AvgIpc) is 3.26. The predicted octanol–water partition coefficient (Wildman–Crippen LogP) is 3.26. The first-order chi connectivity index (χ1) is 13.1.